The summed E-state index contributed by atoms with van der Waals surface area (Å²) >= 11 is 4.34. The summed E-state index contributed by atoms with van der Waals surface area (Å²) < 4.78 is 11.8. The predicted molar refractivity (Wildman–Crippen MR) is 81.8 cm³/mol. The molecule has 1 aliphatic rings. The fraction of sp³-hybridized carbons (Fsp3) is 0.500. The van der Waals surface area contributed by atoms with E-state index in [9.17, 15) is 9.90 Å². The number of nitrogen functional groups attached to an aromatic ring is 1. The molecular weight excluding hydrogens is 349 g/mol. The molecule has 0 radical (unpaired) electrons. The Bertz CT molecular complexity index is 833. The van der Waals surface area contributed by atoms with Crippen LogP contribution in [-0.2, 0) is 21.1 Å². The molecule has 6 N–H and O–H groups in total. The minimum Gasteiger partial charge on any atom is -0.390 e. The largest absolute Gasteiger partial charge is 0.390 e. The fourth-order valence-electron chi connectivity index (χ4n) is 2.36. The molecule has 0 saturated carbocycles. The number of hydrogen-bond acceptors (Lipinski definition) is 8. The van der Waals surface area contributed by atoms with Crippen molar-refractivity contribution in [3.63, 3.8) is 0 Å². The molecule has 0 bridgehead atoms. The number of nitrogens with one attached hydrogen (secondary N) is 1. The molecule has 126 valence electrons. The standard InChI is InChI=1S/C10H14N5O6PS/c11-10-13-8-7(9(17)14-10)12-3-15(8)6-1-4(16)5(21-6)2-20-22(18,19)23/h3-6,16H,1-2H2,(H2,18,19,23)(H3,11,13,14,17)/t4?,5-,6-/m1/s1. The highest BCUT2D eigenvalue weighted by Crippen LogP contribution is 2.38. The first kappa shape index (κ1) is 16.5. The van der Waals surface area contributed by atoms with Gasteiger partial charge in [0, 0.05) is 6.42 Å². The minimum absolute atomic E-state index is 0.0658. The normalized spacial score (nSPS) is 25.3. The summed E-state index contributed by atoms with van der Waals surface area (Å²) in [5, 5.41) is 10.00. The highest BCUT2D eigenvalue weighted by molar-refractivity contribution is 8.06. The highest BCUT2D eigenvalue weighted by atomic mass is 32.5. The van der Waals surface area contributed by atoms with E-state index in [0.29, 0.717) is 0 Å². The molecule has 11 nitrogen and oxygen atoms in total. The number of fused-ring (bicyclic) bond motifs is 1. The summed E-state index contributed by atoms with van der Waals surface area (Å²) in [5.41, 5.74) is 5.36. The number of hydrogen-bond donors (Lipinski definition) is 5. The lowest BCUT2D eigenvalue weighted by atomic mass is 10.2. The third-order valence-electron chi connectivity index (χ3n) is 3.37. The lowest BCUT2D eigenvalue weighted by Gasteiger charge is -2.17. The number of rotatable bonds is 4. The van der Waals surface area contributed by atoms with E-state index in [4.69, 9.17) is 24.8 Å². The van der Waals surface area contributed by atoms with E-state index in [0.717, 1.165) is 0 Å². The Kier molecular flexibility index (Phi) is 4.23. The van der Waals surface area contributed by atoms with E-state index in [2.05, 4.69) is 26.8 Å². The van der Waals surface area contributed by atoms with Gasteiger partial charge in [0.2, 0.25) is 5.95 Å². The van der Waals surface area contributed by atoms with Crippen LogP contribution in [0.15, 0.2) is 11.1 Å². The van der Waals surface area contributed by atoms with Crippen molar-refractivity contribution in [2.24, 2.45) is 0 Å². The van der Waals surface area contributed by atoms with E-state index in [1.165, 1.54) is 10.9 Å². The average molecular weight is 363 g/mol. The Labute approximate surface area is 134 Å². The summed E-state index contributed by atoms with van der Waals surface area (Å²) in [5.74, 6) is -0.0658. The van der Waals surface area contributed by atoms with Crippen molar-refractivity contribution in [2.75, 3.05) is 12.3 Å². The number of anilines is 1. The minimum atomic E-state index is -3.83. The van der Waals surface area contributed by atoms with Crippen LogP contribution in [0.25, 0.3) is 11.2 Å². The number of nitrogens with zero attached hydrogens (tertiary/aromatic N) is 3. The summed E-state index contributed by atoms with van der Waals surface area (Å²) in [6.45, 7) is -4.10. The average Bonchev–Trinajstić information content (AvgIpc) is 2.99. The molecule has 3 rings (SSSR count). The van der Waals surface area contributed by atoms with Gasteiger partial charge in [-0.1, -0.05) is 0 Å². The van der Waals surface area contributed by atoms with Crippen molar-refractivity contribution in [3.05, 3.63) is 16.7 Å². The Hall–Kier alpha value is -1.40. The van der Waals surface area contributed by atoms with Gasteiger partial charge in [-0.2, -0.15) is 4.98 Å². The zero-order valence-electron chi connectivity index (χ0n) is 11.6. The van der Waals surface area contributed by atoms with Crippen LogP contribution in [-0.4, -0.2) is 53.2 Å². The summed E-state index contributed by atoms with van der Waals surface area (Å²) in [6.07, 6.45) is -0.854. The van der Waals surface area contributed by atoms with Crippen LogP contribution >= 0.6 is 6.72 Å². The van der Waals surface area contributed by atoms with Crippen LogP contribution in [0.5, 0.6) is 0 Å². The molecule has 0 aromatic carbocycles. The smallest absolute Gasteiger partial charge is 0.321 e. The molecular formula is C10H14N5O6PS. The quantitative estimate of drug-likeness (QED) is 0.406. The van der Waals surface area contributed by atoms with Crippen LogP contribution < -0.4 is 11.3 Å². The number of aromatic amines is 1. The third-order valence-corrected chi connectivity index (χ3v) is 4.17. The SMILES string of the molecule is Nc1nc2c(ncn2[C@H]2CC(O)[C@@H](COP(O)(O)=S)O2)c(=O)[nH]1. The second-order valence-electron chi connectivity index (χ2n) is 4.99. The molecule has 0 spiro atoms. The number of aliphatic hydroxyl groups is 1. The van der Waals surface area contributed by atoms with Crippen molar-refractivity contribution >= 4 is 35.6 Å². The van der Waals surface area contributed by atoms with Gasteiger partial charge in [0.1, 0.15) is 12.3 Å². The van der Waals surface area contributed by atoms with Gasteiger partial charge in [0.05, 0.1) is 19.0 Å². The number of ether oxygens (including phenoxy) is 1. The maximum atomic E-state index is 11.7. The van der Waals surface area contributed by atoms with Crippen LogP contribution in [0.1, 0.15) is 12.6 Å². The lowest BCUT2D eigenvalue weighted by molar-refractivity contribution is -0.0399. The number of imidazole rings is 1. The Balaban J connectivity index is 1.84. The van der Waals surface area contributed by atoms with Gasteiger partial charge in [-0.05, 0) is 11.8 Å². The van der Waals surface area contributed by atoms with E-state index in [1.54, 1.807) is 0 Å². The second-order valence-corrected chi connectivity index (χ2v) is 7.66. The number of aliphatic hydroxyl groups excluding tert-OH is 1. The molecule has 1 saturated heterocycles. The number of aromatic nitrogens is 4. The fourth-order valence-corrected chi connectivity index (χ4v) is 2.88. The van der Waals surface area contributed by atoms with Crippen molar-refractivity contribution in [2.45, 2.75) is 24.9 Å². The summed E-state index contributed by atoms with van der Waals surface area (Å²) in [4.78, 5) is 40.2. The molecule has 0 aliphatic carbocycles. The van der Waals surface area contributed by atoms with Crippen LogP contribution in [0, 0.1) is 0 Å². The van der Waals surface area contributed by atoms with Crippen LogP contribution in [0.2, 0.25) is 0 Å². The molecule has 2 aromatic rings. The van der Waals surface area contributed by atoms with E-state index in [-0.39, 0.29) is 30.1 Å². The number of H-pyrrole nitrogens is 1. The van der Waals surface area contributed by atoms with Crippen LogP contribution in [0.4, 0.5) is 5.95 Å². The Morgan fingerprint density at radius 2 is 2.35 bits per heavy atom. The van der Waals surface area contributed by atoms with Crippen LogP contribution in [0.3, 0.4) is 0 Å². The highest BCUT2D eigenvalue weighted by Gasteiger charge is 2.36. The first-order valence-electron chi connectivity index (χ1n) is 6.50. The van der Waals surface area contributed by atoms with E-state index in [1.807, 2.05) is 0 Å². The maximum Gasteiger partial charge on any atom is 0.321 e. The molecule has 3 heterocycles. The van der Waals surface area contributed by atoms with Crippen molar-refractivity contribution < 1.29 is 24.2 Å². The van der Waals surface area contributed by atoms with Gasteiger partial charge >= 0.3 is 6.72 Å². The van der Waals surface area contributed by atoms with Gasteiger partial charge in [0.15, 0.2) is 11.2 Å². The molecule has 1 aliphatic heterocycles. The monoisotopic (exact) mass is 363 g/mol. The zero-order valence-corrected chi connectivity index (χ0v) is 13.3. The van der Waals surface area contributed by atoms with Gasteiger partial charge in [0.25, 0.3) is 5.56 Å². The third kappa shape index (κ3) is 3.43. The van der Waals surface area contributed by atoms with Gasteiger partial charge in [-0.3, -0.25) is 14.3 Å². The molecule has 2 aromatic heterocycles. The zero-order chi connectivity index (χ0) is 16.8. The Morgan fingerprint density at radius 3 is 3.04 bits per heavy atom. The predicted octanol–water partition coefficient (Wildman–Crippen LogP) is -1.42. The second kappa shape index (κ2) is 5.91. The van der Waals surface area contributed by atoms with Gasteiger partial charge in [-0.25, -0.2) is 4.98 Å². The lowest BCUT2D eigenvalue weighted by Crippen LogP contribution is -2.25. The first-order valence-corrected chi connectivity index (χ1v) is 9.13. The number of nitrogens with two attached hydrogens (primary N) is 1. The van der Waals surface area contributed by atoms with E-state index >= 15 is 0 Å². The van der Waals surface area contributed by atoms with Gasteiger partial charge < -0.3 is 29.9 Å². The van der Waals surface area contributed by atoms with Crippen molar-refractivity contribution in [3.8, 4) is 0 Å². The molecule has 23 heavy (non-hydrogen) atoms. The Morgan fingerprint density at radius 1 is 1.61 bits per heavy atom. The van der Waals surface area contributed by atoms with Gasteiger partial charge in [-0.15, -0.1) is 0 Å². The van der Waals surface area contributed by atoms with Crippen molar-refractivity contribution in [1.29, 1.82) is 0 Å². The summed E-state index contributed by atoms with van der Waals surface area (Å²) in [6, 6.07) is 0. The molecule has 1 unspecified atom stereocenters. The first-order chi connectivity index (χ1) is 10.7. The maximum absolute atomic E-state index is 11.7. The molecule has 13 heteroatoms. The molecule has 0 amide bonds. The van der Waals surface area contributed by atoms with Crippen molar-refractivity contribution in [1.82, 2.24) is 19.5 Å². The topological polar surface area (TPSA) is 169 Å². The van der Waals surface area contributed by atoms with E-state index < -0.39 is 30.7 Å². The molecule has 3 atom stereocenters. The molecule has 1 fully saturated rings. The summed E-state index contributed by atoms with van der Waals surface area (Å²) in [7, 11) is 0.